The zero-order valence-electron chi connectivity index (χ0n) is 12.6. The molecule has 1 unspecified atom stereocenters. The predicted octanol–water partition coefficient (Wildman–Crippen LogP) is 0.656. The van der Waals surface area contributed by atoms with E-state index in [4.69, 9.17) is 4.74 Å². The number of piperidine rings is 1. The number of carbonyl (C=O) groups excluding carboxylic acids is 3. The quantitative estimate of drug-likeness (QED) is 0.695. The van der Waals surface area contributed by atoms with Gasteiger partial charge in [-0.25, -0.2) is 0 Å². The number of hydrogen-bond acceptors (Lipinski definition) is 4. The normalized spacial score (nSPS) is 18.6. The highest BCUT2D eigenvalue weighted by molar-refractivity contribution is 5.81. The van der Waals surface area contributed by atoms with E-state index in [-0.39, 0.29) is 30.1 Å². The highest BCUT2D eigenvalue weighted by Gasteiger charge is 2.29. The Labute approximate surface area is 120 Å². The van der Waals surface area contributed by atoms with Gasteiger partial charge in [0.2, 0.25) is 11.8 Å². The van der Waals surface area contributed by atoms with Gasteiger partial charge in [0.25, 0.3) is 0 Å². The fourth-order valence-electron chi connectivity index (χ4n) is 2.38. The van der Waals surface area contributed by atoms with Crippen molar-refractivity contribution < 1.29 is 19.1 Å². The zero-order chi connectivity index (χ0) is 15.1. The van der Waals surface area contributed by atoms with Gasteiger partial charge < -0.3 is 14.5 Å². The van der Waals surface area contributed by atoms with Crippen molar-refractivity contribution in [3.8, 4) is 0 Å². The molecule has 0 aromatic carbocycles. The minimum absolute atomic E-state index is 0.000230. The molecular formula is C14H24N2O4. The maximum atomic E-state index is 12.3. The second-order valence-corrected chi connectivity index (χ2v) is 5.12. The van der Waals surface area contributed by atoms with E-state index < -0.39 is 0 Å². The van der Waals surface area contributed by atoms with E-state index in [0.717, 1.165) is 19.4 Å². The molecule has 0 saturated carbocycles. The van der Waals surface area contributed by atoms with Crippen molar-refractivity contribution in [2.24, 2.45) is 5.92 Å². The highest BCUT2D eigenvalue weighted by Crippen LogP contribution is 2.18. The summed E-state index contributed by atoms with van der Waals surface area (Å²) < 4.78 is 4.84. The lowest BCUT2D eigenvalue weighted by Gasteiger charge is -2.33. The van der Waals surface area contributed by atoms with Gasteiger partial charge in [0.05, 0.1) is 18.9 Å². The van der Waals surface area contributed by atoms with Crippen molar-refractivity contribution in [2.75, 3.05) is 33.3 Å². The molecular weight excluding hydrogens is 260 g/mol. The Morgan fingerprint density at radius 1 is 1.35 bits per heavy atom. The molecule has 1 aliphatic rings. The Kier molecular flexibility index (Phi) is 6.48. The van der Waals surface area contributed by atoms with Crippen LogP contribution < -0.4 is 0 Å². The van der Waals surface area contributed by atoms with E-state index in [1.165, 1.54) is 6.92 Å². The van der Waals surface area contributed by atoms with Crippen LogP contribution >= 0.6 is 0 Å². The molecule has 20 heavy (non-hydrogen) atoms. The smallest absolute Gasteiger partial charge is 0.307 e. The van der Waals surface area contributed by atoms with Crippen molar-refractivity contribution in [3.63, 3.8) is 0 Å². The molecule has 6 nitrogen and oxygen atoms in total. The second kappa shape index (κ2) is 7.87. The lowest BCUT2D eigenvalue weighted by Crippen LogP contribution is -2.45. The molecule has 1 saturated heterocycles. The van der Waals surface area contributed by atoms with Crippen LogP contribution in [-0.4, -0.2) is 60.9 Å². The highest BCUT2D eigenvalue weighted by atomic mass is 16.5. The summed E-state index contributed by atoms with van der Waals surface area (Å²) >= 11 is 0. The SMILES string of the molecule is CCOC(=O)CCN(C)C(=O)C1CCCN(C(C)=O)C1. The molecule has 0 aromatic heterocycles. The molecule has 0 spiro atoms. The van der Waals surface area contributed by atoms with Crippen molar-refractivity contribution >= 4 is 17.8 Å². The van der Waals surface area contributed by atoms with Gasteiger partial charge in [0, 0.05) is 33.6 Å². The number of likely N-dealkylation sites (tertiary alicyclic amines) is 1. The van der Waals surface area contributed by atoms with Gasteiger partial charge in [-0.3, -0.25) is 14.4 Å². The molecule has 0 N–H and O–H groups in total. The van der Waals surface area contributed by atoms with E-state index >= 15 is 0 Å². The van der Waals surface area contributed by atoms with Gasteiger partial charge in [0.1, 0.15) is 0 Å². The average molecular weight is 284 g/mol. The summed E-state index contributed by atoms with van der Waals surface area (Å²) in [5.74, 6) is -0.432. The number of amides is 2. The first-order valence-corrected chi connectivity index (χ1v) is 7.11. The molecule has 0 aliphatic carbocycles. The Morgan fingerprint density at radius 2 is 2.05 bits per heavy atom. The average Bonchev–Trinajstić information content (AvgIpc) is 2.44. The lowest BCUT2D eigenvalue weighted by atomic mass is 9.96. The first kappa shape index (κ1) is 16.5. The molecule has 0 aromatic rings. The minimum Gasteiger partial charge on any atom is -0.466 e. The third-order valence-electron chi connectivity index (χ3n) is 3.55. The summed E-state index contributed by atoms with van der Waals surface area (Å²) in [6.07, 6.45) is 1.85. The minimum atomic E-state index is -0.291. The molecule has 1 heterocycles. The molecule has 6 heteroatoms. The van der Waals surface area contributed by atoms with E-state index in [2.05, 4.69) is 0 Å². The molecule has 1 fully saturated rings. The van der Waals surface area contributed by atoms with Crippen LogP contribution in [0.4, 0.5) is 0 Å². The van der Waals surface area contributed by atoms with Crippen molar-refractivity contribution in [2.45, 2.75) is 33.1 Å². The largest absolute Gasteiger partial charge is 0.466 e. The number of carbonyl (C=O) groups is 3. The first-order chi connectivity index (χ1) is 9.45. The molecule has 2 amide bonds. The van der Waals surface area contributed by atoms with E-state index in [1.54, 1.807) is 23.8 Å². The number of rotatable bonds is 5. The Bertz CT molecular complexity index is 370. The molecule has 0 bridgehead atoms. The number of ether oxygens (including phenoxy) is 1. The summed E-state index contributed by atoms with van der Waals surface area (Å²) in [6, 6.07) is 0. The summed E-state index contributed by atoms with van der Waals surface area (Å²) in [7, 11) is 1.69. The predicted molar refractivity (Wildman–Crippen MR) is 73.9 cm³/mol. The van der Waals surface area contributed by atoms with Crippen LogP contribution in [0, 0.1) is 5.92 Å². The third-order valence-corrected chi connectivity index (χ3v) is 3.55. The Morgan fingerprint density at radius 3 is 2.65 bits per heavy atom. The topological polar surface area (TPSA) is 66.9 Å². The fraction of sp³-hybridized carbons (Fsp3) is 0.786. The fourth-order valence-corrected chi connectivity index (χ4v) is 2.38. The summed E-state index contributed by atoms with van der Waals surface area (Å²) in [6.45, 7) is 5.20. The van der Waals surface area contributed by atoms with Crippen LogP contribution in [-0.2, 0) is 19.1 Å². The number of esters is 1. The van der Waals surface area contributed by atoms with Crippen LogP contribution in [0.2, 0.25) is 0 Å². The maximum absolute atomic E-state index is 12.3. The van der Waals surface area contributed by atoms with Gasteiger partial charge in [-0.1, -0.05) is 0 Å². The monoisotopic (exact) mass is 284 g/mol. The van der Waals surface area contributed by atoms with Crippen LogP contribution in [0.25, 0.3) is 0 Å². The molecule has 1 aliphatic heterocycles. The van der Waals surface area contributed by atoms with Gasteiger partial charge >= 0.3 is 5.97 Å². The van der Waals surface area contributed by atoms with Crippen molar-refractivity contribution in [1.82, 2.24) is 9.80 Å². The number of hydrogen-bond donors (Lipinski definition) is 0. The summed E-state index contributed by atoms with van der Waals surface area (Å²) in [4.78, 5) is 38.2. The zero-order valence-corrected chi connectivity index (χ0v) is 12.6. The van der Waals surface area contributed by atoms with Crippen molar-refractivity contribution in [1.29, 1.82) is 0 Å². The van der Waals surface area contributed by atoms with Crippen LogP contribution in [0.3, 0.4) is 0 Å². The van der Waals surface area contributed by atoms with E-state index in [9.17, 15) is 14.4 Å². The molecule has 0 radical (unpaired) electrons. The lowest BCUT2D eigenvalue weighted by molar-refractivity contribution is -0.144. The van der Waals surface area contributed by atoms with Crippen LogP contribution in [0.1, 0.15) is 33.1 Å². The Hall–Kier alpha value is -1.59. The van der Waals surface area contributed by atoms with Crippen molar-refractivity contribution in [3.05, 3.63) is 0 Å². The Balaban J connectivity index is 2.43. The number of nitrogens with zero attached hydrogens (tertiary/aromatic N) is 2. The van der Waals surface area contributed by atoms with E-state index in [1.807, 2.05) is 0 Å². The first-order valence-electron chi connectivity index (χ1n) is 7.11. The van der Waals surface area contributed by atoms with E-state index in [0.29, 0.717) is 19.7 Å². The van der Waals surface area contributed by atoms with Gasteiger partial charge in [0.15, 0.2) is 0 Å². The van der Waals surface area contributed by atoms with Gasteiger partial charge in [-0.15, -0.1) is 0 Å². The summed E-state index contributed by atoms with van der Waals surface area (Å²) in [5, 5.41) is 0. The summed E-state index contributed by atoms with van der Waals surface area (Å²) in [5.41, 5.74) is 0. The third kappa shape index (κ3) is 4.83. The maximum Gasteiger partial charge on any atom is 0.307 e. The second-order valence-electron chi connectivity index (χ2n) is 5.12. The van der Waals surface area contributed by atoms with Gasteiger partial charge in [-0.2, -0.15) is 0 Å². The standard InChI is InChI=1S/C14H24N2O4/c1-4-20-13(18)7-9-15(3)14(19)12-6-5-8-16(10-12)11(2)17/h12H,4-10H2,1-3H3. The molecule has 1 atom stereocenters. The van der Waals surface area contributed by atoms with Crippen LogP contribution in [0.5, 0.6) is 0 Å². The molecule has 114 valence electrons. The molecule has 1 rings (SSSR count). The van der Waals surface area contributed by atoms with Crippen LogP contribution in [0.15, 0.2) is 0 Å². The van der Waals surface area contributed by atoms with Gasteiger partial charge in [-0.05, 0) is 19.8 Å².